The van der Waals surface area contributed by atoms with Crippen LogP contribution < -0.4 is 5.32 Å². The molecular formula is C8H10N2O4S. The molecule has 0 spiro atoms. The second-order valence-electron chi connectivity index (χ2n) is 3.32. The van der Waals surface area contributed by atoms with Crippen LogP contribution in [-0.2, 0) is 16.7 Å². The lowest BCUT2D eigenvalue weighted by atomic mass is 10.1. The van der Waals surface area contributed by atoms with Crippen molar-refractivity contribution >= 4 is 10.1 Å². The van der Waals surface area contributed by atoms with Crippen molar-refractivity contribution in [3.8, 4) is 0 Å². The molecule has 0 aromatic carbocycles. The van der Waals surface area contributed by atoms with Crippen LogP contribution in [0.1, 0.15) is 17.4 Å². The highest BCUT2D eigenvalue weighted by Gasteiger charge is 2.22. The van der Waals surface area contributed by atoms with E-state index in [9.17, 15) is 13.5 Å². The molecule has 0 fully saturated rings. The summed E-state index contributed by atoms with van der Waals surface area (Å²) in [7, 11) is -4.30. The first kappa shape index (κ1) is 10.5. The third-order valence-electron chi connectivity index (χ3n) is 2.22. The predicted molar refractivity (Wildman–Crippen MR) is 50.7 cm³/mol. The number of hydrogen-bond donors (Lipinski definition) is 3. The lowest BCUT2D eigenvalue weighted by Gasteiger charge is -2.21. The number of aromatic nitrogens is 1. The van der Waals surface area contributed by atoms with Gasteiger partial charge in [-0.3, -0.25) is 4.55 Å². The summed E-state index contributed by atoms with van der Waals surface area (Å²) in [5.74, 6) is 0. The van der Waals surface area contributed by atoms with Crippen molar-refractivity contribution in [3.63, 3.8) is 0 Å². The molecule has 0 saturated heterocycles. The highest BCUT2D eigenvalue weighted by Crippen LogP contribution is 2.21. The monoisotopic (exact) mass is 230 g/mol. The minimum absolute atomic E-state index is 0.309. The predicted octanol–water partition coefficient (Wildman–Crippen LogP) is -0.535. The van der Waals surface area contributed by atoms with Gasteiger partial charge in [-0.1, -0.05) is 6.07 Å². The first-order valence-electron chi connectivity index (χ1n) is 4.34. The Morgan fingerprint density at radius 3 is 2.87 bits per heavy atom. The third-order valence-corrected chi connectivity index (χ3v) is 2.98. The van der Waals surface area contributed by atoms with Crippen LogP contribution in [0.4, 0.5) is 0 Å². The molecule has 1 aliphatic rings. The summed E-state index contributed by atoms with van der Waals surface area (Å²) in [6.07, 6.45) is -0.838. The Bertz CT molecular complexity index is 485. The number of nitrogens with zero attached hydrogens (tertiary/aromatic N) is 1. The third kappa shape index (κ3) is 2.00. The van der Waals surface area contributed by atoms with Gasteiger partial charge in [0.1, 0.15) is 6.10 Å². The molecule has 2 heterocycles. The van der Waals surface area contributed by atoms with Crippen LogP contribution in [0, 0.1) is 0 Å². The molecule has 1 aliphatic heterocycles. The Balaban J connectivity index is 2.53. The minimum Gasteiger partial charge on any atom is -0.385 e. The van der Waals surface area contributed by atoms with Gasteiger partial charge in [0.2, 0.25) is 0 Å². The standard InChI is InChI=1S/C8H10N2O4S/c11-6-4-9-3-5-1-2-7(10-8(5)6)15(12,13)14/h1-2,6,9,11H,3-4H2,(H,12,13,14). The van der Waals surface area contributed by atoms with Gasteiger partial charge in [0.15, 0.2) is 5.03 Å². The summed E-state index contributed by atoms with van der Waals surface area (Å²) >= 11 is 0. The summed E-state index contributed by atoms with van der Waals surface area (Å²) in [4.78, 5) is 3.74. The lowest BCUT2D eigenvalue weighted by molar-refractivity contribution is 0.159. The zero-order valence-corrected chi connectivity index (χ0v) is 8.53. The van der Waals surface area contributed by atoms with Gasteiger partial charge in [0, 0.05) is 13.1 Å². The van der Waals surface area contributed by atoms with Gasteiger partial charge in [-0.05, 0) is 11.6 Å². The first-order valence-corrected chi connectivity index (χ1v) is 5.78. The van der Waals surface area contributed by atoms with Gasteiger partial charge < -0.3 is 10.4 Å². The molecule has 15 heavy (non-hydrogen) atoms. The highest BCUT2D eigenvalue weighted by atomic mass is 32.2. The first-order chi connectivity index (χ1) is 6.98. The van der Waals surface area contributed by atoms with Crippen molar-refractivity contribution in [2.45, 2.75) is 17.7 Å². The van der Waals surface area contributed by atoms with Crippen LogP contribution in [0.25, 0.3) is 0 Å². The van der Waals surface area contributed by atoms with E-state index in [0.29, 0.717) is 18.8 Å². The van der Waals surface area contributed by atoms with Crippen molar-refractivity contribution in [3.05, 3.63) is 23.4 Å². The Kier molecular flexibility index (Phi) is 2.47. The maximum Gasteiger partial charge on any atom is 0.312 e. The topological polar surface area (TPSA) is 99.5 Å². The van der Waals surface area contributed by atoms with Gasteiger partial charge in [-0.2, -0.15) is 8.42 Å². The molecule has 1 aromatic heterocycles. The van der Waals surface area contributed by atoms with E-state index in [0.717, 1.165) is 5.56 Å². The fourth-order valence-electron chi connectivity index (χ4n) is 1.51. The van der Waals surface area contributed by atoms with Crippen LogP contribution in [-0.4, -0.2) is 29.6 Å². The zero-order valence-electron chi connectivity index (χ0n) is 7.71. The number of hydrogen-bond acceptors (Lipinski definition) is 5. The number of aliphatic hydroxyl groups excluding tert-OH is 1. The van der Waals surface area contributed by atoms with E-state index in [1.165, 1.54) is 12.1 Å². The second kappa shape index (κ2) is 3.53. The van der Waals surface area contributed by atoms with E-state index >= 15 is 0 Å². The molecule has 0 saturated carbocycles. The smallest absolute Gasteiger partial charge is 0.312 e. The molecule has 7 heteroatoms. The van der Waals surface area contributed by atoms with E-state index in [2.05, 4.69) is 10.3 Å². The Labute approximate surface area is 86.7 Å². The van der Waals surface area contributed by atoms with E-state index in [4.69, 9.17) is 4.55 Å². The van der Waals surface area contributed by atoms with Gasteiger partial charge in [0.25, 0.3) is 0 Å². The molecule has 6 nitrogen and oxygen atoms in total. The normalized spacial score (nSPS) is 21.1. The summed E-state index contributed by atoms with van der Waals surface area (Å²) in [6, 6.07) is 2.74. The van der Waals surface area contributed by atoms with Crippen LogP contribution in [0.15, 0.2) is 17.2 Å². The maximum atomic E-state index is 10.8. The second-order valence-corrected chi connectivity index (χ2v) is 4.68. The van der Waals surface area contributed by atoms with Gasteiger partial charge >= 0.3 is 10.1 Å². The average Bonchev–Trinajstić information content (AvgIpc) is 2.16. The van der Waals surface area contributed by atoms with Crippen LogP contribution >= 0.6 is 0 Å². The zero-order chi connectivity index (χ0) is 11.1. The maximum absolute atomic E-state index is 10.8. The van der Waals surface area contributed by atoms with Gasteiger partial charge in [-0.15, -0.1) is 0 Å². The summed E-state index contributed by atoms with van der Waals surface area (Å²) in [6.45, 7) is 0.861. The van der Waals surface area contributed by atoms with Gasteiger partial charge in [-0.25, -0.2) is 4.98 Å². The van der Waals surface area contributed by atoms with E-state index in [-0.39, 0.29) is 0 Å². The number of rotatable bonds is 1. The molecule has 1 unspecified atom stereocenters. The van der Waals surface area contributed by atoms with E-state index in [1.54, 1.807) is 0 Å². The molecule has 0 amide bonds. The number of nitrogens with one attached hydrogen (secondary N) is 1. The van der Waals surface area contributed by atoms with Gasteiger partial charge in [0.05, 0.1) is 5.69 Å². The Morgan fingerprint density at radius 2 is 2.20 bits per heavy atom. The number of β-amino-alcohol motifs (C(OH)–C–C–N with tert-alkyl or cyclic N) is 1. The van der Waals surface area contributed by atoms with Crippen LogP contribution in [0.5, 0.6) is 0 Å². The number of pyridine rings is 1. The largest absolute Gasteiger partial charge is 0.385 e. The van der Waals surface area contributed by atoms with Crippen molar-refractivity contribution in [1.82, 2.24) is 10.3 Å². The number of fused-ring (bicyclic) bond motifs is 1. The number of aliphatic hydroxyl groups is 1. The molecule has 0 radical (unpaired) electrons. The van der Waals surface area contributed by atoms with Crippen LogP contribution in [0.3, 0.4) is 0 Å². The molecule has 0 aliphatic carbocycles. The molecular weight excluding hydrogens is 220 g/mol. The molecule has 1 aromatic rings. The Morgan fingerprint density at radius 1 is 1.47 bits per heavy atom. The summed E-state index contributed by atoms with van der Waals surface area (Å²) < 4.78 is 30.4. The molecule has 0 bridgehead atoms. The van der Waals surface area contributed by atoms with Crippen LogP contribution in [0.2, 0.25) is 0 Å². The fourth-order valence-corrected chi connectivity index (χ4v) is 1.96. The molecule has 1 atom stereocenters. The quantitative estimate of drug-likeness (QED) is 0.560. The summed E-state index contributed by atoms with van der Waals surface area (Å²) in [5.41, 5.74) is 1.05. The molecule has 82 valence electrons. The highest BCUT2D eigenvalue weighted by molar-refractivity contribution is 7.85. The van der Waals surface area contributed by atoms with Crippen molar-refractivity contribution in [1.29, 1.82) is 0 Å². The van der Waals surface area contributed by atoms with Crippen molar-refractivity contribution in [2.75, 3.05) is 6.54 Å². The van der Waals surface area contributed by atoms with Crippen molar-refractivity contribution in [2.24, 2.45) is 0 Å². The minimum atomic E-state index is -4.30. The summed E-state index contributed by atoms with van der Waals surface area (Å²) in [5, 5.41) is 12.1. The Hall–Kier alpha value is -1.02. The molecule has 2 rings (SSSR count). The lowest BCUT2D eigenvalue weighted by Crippen LogP contribution is -2.29. The SMILES string of the molecule is O=S(=O)(O)c1ccc2c(n1)C(O)CNC2. The average molecular weight is 230 g/mol. The fraction of sp³-hybridized carbons (Fsp3) is 0.375. The van der Waals surface area contributed by atoms with E-state index in [1.807, 2.05) is 0 Å². The molecule has 3 N–H and O–H groups in total. The van der Waals surface area contributed by atoms with E-state index < -0.39 is 21.2 Å². The van der Waals surface area contributed by atoms with Crippen molar-refractivity contribution < 1.29 is 18.1 Å².